The fraction of sp³-hybridized carbons (Fsp3) is 0.263. The van der Waals surface area contributed by atoms with Crippen LogP contribution in [0.2, 0.25) is 0 Å². The van der Waals surface area contributed by atoms with Gasteiger partial charge < -0.3 is 15.0 Å². The van der Waals surface area contributed by atoms with Crippen molar-refractivity contribution < 1.29 is 18.7 Å². The van der Waals surface area contributed by atoms with Crippen LogP contribution < -0.4 is 10.9 Å². The summed E-state index contributed by atoms with van der Waals surface area (Å²) < 4.78 is 17.7. The Bertz CT molecular complexity index is 951. The first-order valence-electron chi connectivity index (χ1n) is 8.32. The number of hydrogen-bond acceptors (Lipinski definition) is 6. The average molecular weight is 403 g/mol. The zero-order chi connectivity index (χ0) is 20.5. The van der Waals surface area contributed by atoms with Gasteiger partial charge in [-0.2, -0.15) is 5.26 Å². The fourth-order valence-electron chi connectivity index (χ4n) is 2.27. The van der Waals surface area contributed by atoms with Gasteiger partial charge in [-0.3, -0.25) is 14.4 Å². The van der Waals surface area contributed by atoms with Gasteiger partial charge in [-0.25, -0.2) is 4.39 Å². The lowest BCUT2D eigenvalue weighted by Gasteiger charge is -2.08. The first-order valence-corrected chi connectivity index (χ1v) is 9.31. The number of ether oxygens (including phenoxy) is 1. The van der Waals surface area contributed by atoms with E-state index in [2.05, 4.69) is 10.3 Å². The molecule has 1 heterocycles. The number of hydrogen-bond donors (Lipinski definition) is 2. The molecule has 2 rings (SSSR count). The number of aromatic amines is 1. The van der Waals surface area contributed by atoms with Gasteiger partial charge in [-0.1, -0.05) is 23.9 Å². The Morgan fingerprint density at radius 3 is 2.71 bits per heavy atom. The lowest BCUT2D eigenvalue weighted by atomic mass is 10.1. The van der Waals surface area contributed by atoms with E-state index in [0.29, 0.717) is 18.5 Å². The molecular weight excluding hydrogens is 385 g/mol. The minimum Gasteiger partial charge on any atom is -0.455 e. The van der Waals surface area contributed by atoms with E-state index >= 15 is 0 Å². The van der Waals surface area contributed by atoms with Crippen molar-refractivity contribution in [2.24, 2.45) is 0 Å². The van der Waals surface area contributed by atoms with Crippen LogP contribution in [0.3, 0.4) is 0 Å². The highest BCUT2D eigenvalue weighted by Gasteiger charge is 2.12. The van der Waals surface area contributed by atoms with Crippen molar-refractivity contribution in [2.75, 3.05) is 18.9 Å². The molecule has 2 N–H and O–H groups in total. The predicted molar refractivity (Wildman–Crippen MR) is 101 cm³/mol. The van der Waals surface area contributed by atoms with Crippen LogP contribution in [0.4, 0.5) is 4.39 Å². The number of H-pyrrole nitrogens is 1. The van der Waals surface area contributed by atoms with Crippen LogP contribution in [0.25, 0.3) is 0 Å². The molecule has 9 heteroatoms. The van der Waals surface area contributed by atoms with Crippen LogP contribution in [0.15, 0.2) is 40.2 Å². The number of rotatable bonds is 8. The number of carbonyl (C=O) groups is 2. The molecule has 0 aliphatic rings. The number of thioether (sulfide) groups is 1. The van der Waals surface area contributed by atoms with Crippen LogP contribution in [0.1, 0.15) is 16.7 Å². The molecule has 0 saturated heterocycles. The molecule has 1 aromatic heterocycles. The summed E-state index contributed by atoms with van der Waals surface area (Å²) in [7, 11) is 0. The lowest BCUT2D eigenvalue weighted by molar-refractivity contribution is -0.145. The highest BCUT2D eigenvalue weighted by Crippen LogP contribution is 2.20. The zero-order valence-electron chi connectivity index (χ0n) is 15.1. The number of benzene rings is 1. The normalized spacial score (nSPS) is 10.2. The number of nitrogens with zero attached hydrogens (tertiary/aromatic N) is 1. The van der Waals surface area contributed by atoms with Crippen LogP contribution in [0, 0.1) is 24.1 Å². The van der Waals surface area contributed by atoms with Crippen molar-refractivity contribution >= 4 is 23.6 Å². The zero-order valence-corrected chi connectivity index (χ0v) is 15.9. The smallest absolute Gasteiger partial charge is 0.316 e. The molecule has 0 fully saturated rings. The monoisotopic (exact) mass is 403 g/mol. The summed E-state index contributed by atoms with van der Waals surface area (Å²) in [5, 5.41) is 12.0. The molecule has 0 aliphatic heterocycles. The van der Waals surface area contributed by atoms with Gasteiger partial charge in [0.25, 0.3) is 5.91 Å². The molecule has 0 atom stereocenters. The fourth-order valence-corrected chi connectivity index (χ4v) is 3.14. The maximum absolute atomic E-state index is 12.8. The van der Waals surface area contributed by atoms with E-state index in [0.717, 1.165) is 17.3 Å². The van der Waals surface area contributed by atoms with E-state index < -0.39 is 18.5 Å². The minimum absolute atomic E-state index is 0.156. The number of nitrogens with one attached hydrogen (secondary N) is 2. The Kier molecular flexibility index (Phi) is 7.77. The quantitative estimate of drug-likeness (QED) is 0.512. The van der Waals surface area contributed by atoms with Gasteiger partial charge in [-0.15, -0.1) is 0 Å². The number of carbonyl (C=O) groups excluding carboxylic acids is 2. The van der Waals surface area contributed by atoms with Gasteiger partial charge in [-0.05, 0) is 36.6 Å². The van der Waals surface area contributed by atoms with Crippen molar-refractivity contribution in [3.63, 3.8) is 0 Å². The molecule has 0 saturated carbocycles. The largest absolute Gasteiger partial charge is 0.455 e. The van der Waals surface area contributed by atoms with Crippen molar-refractivity contribution in [1.82, 2.24) is 10.3 Å². The second-order valence-electron chi connectivity index (χ2n) is 5.81. The molecule has 2 aromatic rings. The number of pyridine rings is 1. The number of esters is 1. The molecule has 28 heavy (non-hydrogen) atoms. The van der Waals surface area contributed by atoms with Gasteiger partial charge >= 0.3 is 5.97 Å². The number of nitriles is 1. The first-order chi connectivity index (χ1) is 13.4. The highest BCUT2D eigenvalue weighted by atomic mass is 32.2. The second-order valence-corrected chi connectivity index (χ2v) is 6.79. The van der Waals surface area contributed by atoms with E-state index in [4.69, 9.17) is 10.00 Å². The Balaban J connectivity index is 1.72. The molecule has 7 nitrogen and oxygen atoms in total. The van der Waals surface area contributed by atoms with Gasteiger partial charge in [0, 0.05) is 12.6 Å². The van der Waals surface area contributed by atoms with Gasteiger partial charge in [0.1, 0.15) is 11.9 Å². The third kappa shape index (κ3) is 6.55. The van der Waals surface area contributed by atoms with Crippen LogP contribution in [-0.4, -0.2) is 35.8 Å². The van der Waals surface area contributed by atoms with Crippen molar-refractivity contribution in [3.8, 4) is 6.07 Å². The molecule has 1 amide bonds. The SMILES string of the molecule is Cc1cc(=O)[nH]c(SCC(=O)OCC(=O)NCCc2ccc(F)cc2)c1C#N. The molecule has 146 valence electrons. The summed E-state index contributed by atoms with van der Waals surface area (Å²) in [5.41, 5.74) is 1.31. The Labute approximate surface area is 164 Å². The second kappa shape index (κ2) is 10.3. The summed E-state index contributed by atoms with van der Waals surface area (Å²) >= 11 is 0.961. The molecule has 1 aromatic carbocycles. The average Bonchev–Trinajstić information content (AvgIpc) is 2.66. The third-order valence-electron chi connectivity index (χ3n) is 3.67. The summed E-state index contributed by atoms with van der Waals surface area (Å²) in [6.45, 7) is 1.53. The summed E-state index contributed by atoms with van der Waals surface area (Å²) in [6.07, 6.45) is 0.521. The van der Waals surface area contributed by atoms with Crippen LogP contribution in [0.5, 0.6) is 0 Å². The maximum atomic E-state index is 12.8. The molecule has 0 bridgehead atoms. The van der Waals surface area contributed by atoms with Crippen molar-refractivity contribution in [2.45, 2.75) is 18.4 Å². The van der Waals surface area contributed by atoms with Crippen LogP contribution in [-0.2, 0) is 20.7 Å². The topological polar surface area (TPSA) is 112 Å². The van der Waals surface area contributed by atoms with E-state index in [1.54, 1.807) is 19.1 Å². The van der Waals surface area contributed by atoms with Gasteiger partial charge in [0.2, 0.25) is 5.56 Å². The summed E-state index contributed by atoms with van der Waals surface area (Å²) in [5.74, 6) is -1.59. The molecule has 0 unspecified atom stereocenters. The lowest BCUT2D eigenvalue weighted by Crippen LogP contribution is -2.30. The Hall–Kier alpha value is -3.12. The maximum Gasteiger partial charge on any atom is 0.316 e. The van der Waals surface area contributed by atoms with Gasteiger partial charge in [0.05, 0.1) is 16.3 Å². The van der Waals surface area contributed by atoms with E-state index in [1.807, 2.05) is 6.07 Å². The summed E-state index contributed by atoms with van der Waals surface area (Å²) in [4.78, 5) is 37.5. The van der Waals surface area contributed by atoms with Crippen molar-refractivity contribution in [1.29, 1.82) is 5.26 Å². The van der Waals surface area contributed by atoms with Crippen LogP contribution >= 0.6 is 11.8 Å². The standard InChI is InChI=1S/C19H18FN3O4S/c1-12-8-16(24)23-19(15(12)9-21)28-11-18(26)27-10-17(25)22-7-6-13-2-4-14(20)5-3-13/h2-5,8H,6-7,10-11H2,1H3,(H,22,25)(H,23,24). The number of amides is 1. The molecule has 0 radical (unpaired) electrons. The third-order valence-corrected chi connectivity index (χ3v) is 4.64. The van der Waals surface area contributed by atoms with E-state index in [1.165, 1.54) is 18.2 Å². The molecular formula is C19H18FN3O4S. The Morgan fingerprint density at radius 2 is 2.04 bits per heavy atom. The molecule has 0 spiro atoms. The van der Waals surface area contributed by atoms with E-state index in [9.17, 15) is 18.8 Å². The number of halogens is 1. The minimum atomic E-state index is -0.648. The first kappa shape index (κ1) is 21.2. The predicted octanol–water partition coefficient (Wildman–Crippen LogP) is 1.69. The Morgan fingerprint density at radius 1 is 1.32 bits per heavy atom. The van der Waals surface area contributed by atoms with E-state index in [-0.39, 0.29) is 27.7 Å². The van der Waals surface area contributed by atoms with Crippen molar-refractivity contribution in [3.05, 3.63) is 63.2 Å². The number of aryl methyl sites for hydroxylation is 1. The van der Waals surface area contributed by atoms with Gasteiger partial charge in [0.15, 0.2) is 6.61 Å². The molecule has 0 aliphatic carbocycles. The summed E-state index contributed by atoms with van der Waals surface area (Å²) in [6, 6.07) is 9.22. The highest BCUT2D eigenvalue weighted by molar-refractivity contribution is 7.99. The number of aromatic nitrogens is 1.